The van der Waals surface area contributed by atoms with Crippen LogP contribution in [0.1, 0.15) is 19.8 Å². The van der Waals surface area contributed by atoms with Gasteiger partial charge in [0.2, 0.25) is 17.7 Å². The van der Waals surface area contributed by atoms with Gasteiger partial charge in [-0.3, -0.25) is 9.59 Å². The number of hydrogen-bond acceptors (Lipinski definition) is 6. The predicted octanol–water partition coefficient (Wildman–Crippen LogP) is 2.30. The molecule has 1 aliphatic rings. The van der Waals surface area contributed by atoms with Crippen molar-refractivity contribution in [1.82, 2.24) is 10.2 Å². The number of nitrogens with zero attached hydrogens (tertiary/aromatic N) is 3. The van der Waals surface area contributed by atoms with Crippen LogP contribution in [-0.4, -0.2) is 42.2 Å². The maximum atomic E-state index is 12.6. The molecule has 2 heterocycles. The van der Waals surface area contributed by atoms with Crippen LogP contribution in [0.3, 0.4) is 0 Å². The van der Waals surface area contributed by atoms with Crippen molar-refractivity contribution in [2.45, 2.75) is 19.8 Å². The van der Waals surface area contributed by atoms with Gasteiger partial charge in [0.05, 0.1) is 7.11 Å². The molecule has 142 valence electrons. The molecule has 0 unspecified atom stereocenters. The van der Waals surface area contributed by atoms with Crippen molar-refractivity contribution in [1.29, 1.82) is 0 Å². The molecule has 3 rings (SSSR count). The van der Waals surface area contributed by atoms with Gasteiger partial charge >= 0.3 is 0 Å². The highest BCUT2D eigenvalue weighted by molar-refractivity contribution is 5.94. The van der Waals surface area contributed by atoms with Gasteiger partial charge in [-0.05, 0) is 37.1 Å². The Morgan fingerprint density at radius 1 is 1.07 bits per heavy atom. The fourth-order valence-corrected chi connectivity index (χ4v) is 3.08. The van der Waals surface area contributed by atoms with Crippen molar-refractivity contribution in [3.8, 4) is 5.88 Å². The first kappa shape index (κ1) is 18.6. The van der Waals surface area contributed by atoms with E-state index in [-0.39, 0.29) is 17.7 Å². The topological polar surface area (TPSA) is 96.5 Å². The molecule has 2 aromatic rings. The van der Waals surface area contributed by atoms with Crippen molar-refractivity contribution in [3.63, 3.8) is 0 Å². The quantitative estimate of drug-likeness (QED) is 0.839. The van der Waals surface area contributed by atoms with Gasteiger partial charge in [-0.2, -0.15) is 0 Å². The third kappa shape index (κ3) is 4.93. The number of rotatable bonds is 5. The van der Waals surface area contributed by atoms with E-state index in [1.165, 1.54) is 6.92 Å². The van der Waals surface area contributed by atoms with Crippen LogP contribution in [0.15, 0.2) is 36.4 Å². The Hall–Kier alpha value is -3.16. The number of anilines is 3. The third-order valence-corrected chi connectivity index (χ3v) is 4.48. The third-order valence-electron chi connectivity index (χ3n) is 4.48. The summed E-state index contributed by atoms with van der Waals surface area (Å²) in [5, 5.41) is 13.8. The number of carbonyl (C=O) groups excluding carboxylic acids is 2. The second kappa shape index (κ2) is 8.48. The molecule has 2 amide bonds. The molecule has 27 heavy (non-hydrogen) atoms. The van der Waals surface area contributed by atoms with E-state index in [4.69, 9.17) is 4.74 Å². The lowest BCUT2D eigenvalue weighted by atomic mass is 9.96. The number of carbonyl (C=O) groups is 2. The second-order valence-electron chi connectivity index (χ2n) is 6.45. The lowest BCUT2D eigenvalue weighted by Crippen LogP contribution is -2.38. The van der Waals surface area contributed by atoms with Crippen LogP contribution < -0.4 is 20.3 Å². The van der Waals surface area contributed by atoms with Crippen LogP contribution in [0.25, 0.3) is 0 Å². The maximum Gasteiger partial charge on any atom is 0.233 e. The van der Waals surface area contributed by atoms with E-state index in [2.05, 4.69) is 25.7 Å². The van der Waals surface area contributed by atoms with Crippen LogP contribution in [0.5, 0.6) is 5.88 Å². The molecule has 0 bridgehead atoms. The first-order valence-corrected chi connectivity index (χ1v) is 8.86. The van der Waals surface area contributed by atoms with E-state index in [1.54, 1.807) is 31.4 Å². The number of methoxy groups -OCH3 is 1. The van der Waals surface area contributed by atoms with Crippen LogP contribution in [0, 0.1) is 5.92 Å². The largest absolute Gasteiger partial charge is 0.480 e. The van der Waals surface area contributed by atoms with Gasteiger partial charge in [0.15, 0.2) is 5.82 Å². The highest BCUT2D eigenvalue weighted by Crippen LogP contribution is 2.24. The smallest absolute Gasteiger partial charge is 0.233 e. The number of aromatic nitrogens is 2. The van der Waals surface area contributed by atoms with Crippen molar-refractivity contribution in [3.05, 3.63) is 36.4 Å². The molecule has 1 fully saturated rings. The van der Waals surface area contributed by atoms with Gasteiger partial charge in [-0.1, -0.05) is 6.07 Å². The summed E-state index contributed by atoms with van der Waals surface area (Å²) < 4.78 is 5.02. The van der Waals surface area contributed by atoms with Gasteiger partial charge in [0.25, 0.3) is 0 Å². The monoisotopic (exact) mass is 369 g/mol. The summed E-state index contributed by atoms with van der Waals surface area (Å²) in [7, 11) is 1.56. The summed E-state index contributed by atoms with van der Waals surface area (Å²) in [4.78, 5) is 25.8. The normalized spacial score (nSPS) is 14.5. The maximum absolute atomic E-state index is 12.6. The Balaban J connectivity index is 1.54. The van der Waals surface area contributed by atoms with Gasteiger partial charge < -0.3 is 20.3 Å². The predicted molar refractivity (Wildman–Crippen MR) is 103 cm³/mol. The summed E-state index contributed by atoms with van der Waals surface area (Å²) >= 11 is 0. The first-order valence-electron chi connectivity index (χ1n) is 8.86. The Kier molecular flexibility index (Phi) is 5.85. The van der Waals surface area contributed by atoms with Gasteiger partial charge in [-0.25, -0.2) is 0 Å². The summed E-state index contributed by atoms with van der Waals surface area (Å²) in [5.74, 6) is 1.06. The zero-order valence-corrected chi connectivity index (χ0v) is 15.4. The molecule has 1 aromatic carbocycles. The Labute approximate surface area is 157 Å². The lowest BCUT2D eigenvalue weighted by Gasteiger charge is -2.31. The average Bonchev–Trinajstić information content (AvgIpc) is 2.68. The summed E-state index contributed by atoms with van der Waals surface area (Å²) in [6.07, 6.45) is 1.48. The average molecular weight is 369 g/mol. The summed E-state index contributed by atoms with van der Waals surface area (Å²) in [6.45, 7) is 2.93. The van der Waals surface area contributed by atoms with Gasteiger partial charge in [0.1, 0.15) is 0 Å². The van der Waals surface area contributed by atoms with E-state index >= 15 is 0 Å². The van der Waals surface area contributed by atoms with Crippen LogP contribution in [0.4, 0.5) is 17.2 Å². The highest BCUT2D eigenvalue weighted by atomic mass is 16.5. The molecule has 8 heteroatoms. The zero-order valence-electron chi connectivity index (χ0n) is 15.4. The highest BCUT2D eigenvalue weighted by Gasteiger charge is 2.26. The Morgan fingerprint density at radius 3 is 2.37 bits per heavy atom. The Morgan fingerprint density at radius 2 is 1.78 bits per heavy atom. The minimum absolute atomic E-state index is 0.00422. The van der Waals surface area contributed by atoms with Crippen LogP contribution >= 0.6 is 0 Å². The van der Waals surface area contributed by atoms with Gasteiger partial charge in [-0.15, -0.1) is 10.2 Å². The van der Waals surface area contributed by atoms with Crippen molar-refractivity contribution in [2.75, 3.05) is 35.7 Å². The fraction of sp³-hybridized carbons (Fsp3) is 0.368. The van der Waals surface area contributed by atoms with Crippen molar-refractivity contribution < 1.29 is 14.3 Å². The van der Waals surface area contributed by atoms with E-state index < -0.39 is 0 Å². The molecule has 0 radical (unpaired) electrons. The molecule has 2 N–H and O–H groups in total. The number of ether oxygens (including phenoxy) is 1. The standard InChI is InChI=1S/C19H23N5O3/c1-13(25)20-15-4-3-5-16(12-15)21-19(26)14-8-10-24(11-9-14)17-6-7-18(27-2)23-22-17/h3-7,12,14H,8-11H2,1-2H3,(H,20,25)(H,21,26). The SMILES string of the molecule is COc1ccc(N2CCC(C(=O)Nc3cccc(NC(C)=O)c3)CC2)nn1. The van der Waals surface area contributed by atoms with E-state index in [0.717, 1.165) is 31.7 Å². The summed E-state index contributed by atoms with van der Waals surface area (Å²) in [6, 6.07) is 10.8. The molecule has 0 spiro atoms. The second-order valence-corrected chi connectivity index (χ2v) is 6.45. The molecule has 8 nitrogen and oxygen atoms in total. The van der Waals surface area contributed by atoms with Gasteiger partial charge in [0, 0.05) is 43.4 Å². The summed E-state index contributed by atoms with van der Waals surface area (Å²) in [5.41, 5.74) is 1.34. The van der Waals surface area contributed by atoms with Crippen LogP contribution in [0.2, 0.25) is 0 Å². The molecular weight excluding hydrogens is 346 g/mol. The molecule has 1 saturated heterocycles. The molecular formula is C19H23N5O3. The number of piperidine rings is 1. The van der Waals surface area contributed by atoms with E-state index in [0.29, 0.717) is 17.3 Å². The van der Waals surface area contributed by atoms with Crippen LogP contribution in [-0.2, 0) is 9.59 Å². The molecule has 0 atom stereocenters. The minimum Gasteiger partial charge on any atom is -0.480 e. The number of benzene rings is 1. The van der Waals surface area contributed by atoms with Crippen molar-refractivity contribution in [2.24, 2.45) is 5.92 Å². The Bertz CT molecular complexity index is 801. The molecule has 1 aromatic heterocycles. The number of hydrogen-bond donors (Lipinski definition) is 2. The number of nitrogens with one attached hydrogen (secondary N) is 2. The van der Waals surface area contributed by atoms with E-state index in [1.807, 2.05) is 12.1 Å². The molecule has 0 saturated carbocycles. The van der Waals surface area contributed by atoms with E-state index in [9.17, 15) is 9.59 Å². The molecule has 1 aliphatic heterocycles. The first-order chi connectivity index (χ1) is 13.0. The molecule has 0 aliphatic carbocycles. The lowest BCUT2D eigenvalue weighted by molar-refractivity contribution is -0.120. The number of amides is 2. The minimum atomic E-state index is -0.146. The zero-order chi connectivity index (χ0) is 19.2. The fourth-order valence-electron chi connectivity index (χ4n) is 3.08. The van der Waals surface area contributed by atoms with Crippen molar-refractivity contribution >= 4 is 29.0 Å².